The zero-order valence-electron chi connectivity index (χ0n) is 16.0. The lowest BCUT2D eigenvalue weighted by Gasteiger charge is -2.35. The van der Waals surface area contributed by atoms with Crippen molar-refractivity contribution in [1.82, 2.24) is 4.90 Å². The van der Waals surface area contributed by atoms with Gasteiger partial charge in [0.05, 0.1) is 6.10 Å². The molecule has 0 saturated heterocycles. The number of hydrogen-bond acceptors (Lipinski definition) is 2. The molecule has 3 rings (SSSR count). The molecule has 0 spiro atoms. The average molecular weight is 360 g/mol. The van der Waals surface area contributed by atoms with Gasteiger partial charge in [0.1, 0.15) is 0 Å². The number of rotatable bonds is 9. The molecule has 2 nitrogen and oxygen atoms in total. The van der Waals surface area contributed by atoms with E-state index in [0.717, 1.165) is 25.9 Å². The highest BCUT2D eigenvalue weighted by atomic mass is 16.3. The van der Waals surface area contributed by atoms with Gasteiger partial charge in [0.15, 0.2) is 0 Å². The average Bonchev–Trinajstić information content (AvgIpc) is 2.73. The van der Waals surface area contributed by atoms with Gasteiger partial charge in [0.25, 0.3) is 0 Å². The Morgan fingerprint density at radius 3 is 1.48 bits per heavy atom. The van der Waals surface area contributed by atoms with Crippen molar-refractivity contribution in [2.45, 2.75) is 45.0 Å². The summed E-state index contributed by atoms with van der Waals surface area (Å²) in [4.78, 5) is 2.42. The van der Waals surface area contributed by atoms with Crippen LogP contribution in [-0.2, 0) is 19.5 Å². The maximum absolute atomic E-state index is 10.9. The molecule has 2 heteroatoms. The maximum atomic E-state index is 10.9. The van der Waals surface area contributed by atoms with Crippen molar-refractivity contribution in [3.63, 3.8) is 0 Å². The van der Waals surface area contributed by atoms with Crippen LogP contribution in [0.1, 0.15) is 30.0 Å². The van der Waals surface area contributed by atoms with Crippen LogP contribution in [0.15, 0.2) is 91.0 Å². The molecule has 0 saturated carbocycles. The second-order valence-electron chi connectivity index (χ2n) is 7.11. The second-order valence-corrected chi connectivity index (χ2v) is 7.11. The quantitative estimate of drug-likeness (QED) is 0.576. The van der Waals surface area contributed by atoms with Crippen LogP contribution in [0.2, 0.25) is 0 Å². The second kappa shape index (κ2) is 10.1. The highest BCUT2D eigenvalue weighted by molar-refractivity contribution is 5.20. The van der Waals surface area contributed by atoms with E-state index >= 15 is 0 Å². The predicted octanol–water partition coefficient (Wildman–Crippen LogP) is 5.07. The van der Waals surface area contributed by atoms with Gasteiger partial charge in [0, 0.05) is 19.1 Å². The molecule has 3 aromatic carbocycles. The van der Waals surface area contributed by atoms with Crippen molar-refractivity contribution in [2.75, 3.05) is 0 Å². The Balaban J connectivity index is 1.88. The van der Waals surface area contributed by atoms with Gasteiger partial charge in [-0.3, -0.25) is 4.90 Å². The Morgan fingerprint density at radius 2 is 1.07 bits per heavy atom. The molecule has 2 atom stereocenters. The summed E-state index contributed by atoms with van der Waals surface area (Å²) >= 11 is 0. The zero-order chi connectivity index (χ0) is 18.9. The van der Waals surface area contributed by atoms with E-state index in [9.17, 15) is 5.11 Å². The Hall–Kier alpha value is -2.42. The molecule has 0 radical (unpaired) electrons. The lowest BCUT2D eigenvalue weighted by Crippen LogP contribution is -2.44. The lowest BCUT2D eigenvalue weighted by atomic mass is 9.96. The lowest BCUT2D eigenvalue weighted by molar-refractivity contribution is 0.0370. The van der Waals surface area contributed by atoms with E-state index < -0.39 is 0 Å². The molecule has 0 amide bonds. The minimum atomic E-state index is -0.363. The summed E-state index contributed by atoms with van der Waals surface area (Å²) in [5.74, 6) is 0. The molecular formula is C25H29NO. The first-order chi connectivity index (χ1) is 13.3. The Morgan fingerprint density at radius 1 is 0.667 bits per heavy atom. The molecule has 0 aromatic heterocycles. The van der Waals surface area contributed by atoms with Crippen molar-refractivity contribution in [1.29, 1.82) is 0 Å². The van der Waals surface area contributed by atoms with Crippen LogP contribution in [-0.4, -0.2) is 22.2 Å². The summed E-state index contributed by atoms with van der Waals surface area (Å²) in [5.41, 5.74) is 3.81. The van der Waals surface area contributed by atoms with Crippen molar-refractivity contribution >= 4 is 0 Å². The monoisotopic (exact) mass is 359 g/mol. The van der Waals surface area contributed by atoms with Gasteiger partial charge < -0.3 is 5.11 Å². The number of hydrogen-bond donors (Lipinski definition) is 1. The summed E-state index contributed by atoms with van der Waals surface area (Å²) in [7, 11) is 0. The van der Waals surface area contributed by atoms with Gasteiger partial charge in [-0.25, -0.2) is 0 Å². The third-order valence-corrected chi connectivity index (χ3v) is 5.08. The maximum Gasteiger partial charge on any atom is 0.0696 e. The van der Waals surface area contributed by atoms with Crippen LogP contribution in [0, 0.1) is 0 Å². The van der Waals surface area contributed by atoms with Gasteiger partial charge in [-0.2, -0.15) is 0 Å². The van der Waals surface area contributed by atoms with E-state index in [1.807, 2.05) is 18.2 Å². The molecule has 27 heavy (non-hydrogen) atoms. The van der Waals surface area contributed by atoms with Gasteiger partial charge in [-0.1, -0.05) is 97.9 Å². The fraction of sp³-hybridized carbons (Fsp3) is 0.280. The highest BCUT2D eigenvalue weighted by Crippen LogP contribution is 2.20. The molecular weight excluding hydrogens is 330 g/mol. The Labute approximate surface area is 163 Å². The Kier molecular flexibility index (Phi) is 7.20. The minimum absolute atomic E-state index is 0.0674. The largest absolute Gasteiger partial charge is 0.391 e. The van der Waals surface area contributed by atoms with Crippen LogP contribution in [0.25, 0.3) is 0 Å². The summed E-state index contributed by atoms with van der Waals surface area (Å²) in [6, 6.07) is 31.6. The smallest absolute Gasteiger partial charge is 0.0696 e. The summed E-state index contributed by atoms with van der Waals surface area (Å²) < 4.78 is 0. The van der Waals surface area contributed by atoms with Gasteiger partial charge in [-0.05, 0) is 29.5 Å². The predicted molar refractivity (Wildman–Crippen MR) is 112 cm³/mol. The van der Waals surface area contributed by atoms with Gasteiger partial charge in [-0.15, -0.1) is 0 Å². The molecule has 0 heterocycles. The number of benzene rings is 3. The van der Waals surface area contributed by atoms with Crippen LogP contribution in [0.3, 0.4) is 0 Å². The van der Waals surface area contributed by atoms with Crippen LogP contribution < -0.4 is 0 Å². The molecule has 140 valence electrons. The van der Waals surface area contributed by atoms with E-state index in [2.05, 4.69) is 84.6 Å². The molecule has 0 fully saturated rings. The fourth-order valence-electron chi connectivity index (χ4n) is 3.56. The van der Waals surface area contributed by atoms with Crippen LogP contribution in [0.4, 0.5) is 0 Å². The number of nitrogens with zero attached hydrogens (tertiary/aromatic N) is 1. The summed E-state index contributed by atoms with van der Waals surface area (Å²) in [5, 5.41) is 10.9. The van der Waals surface area contributed by atoms with Crippen LogP contribution in [0.5, 0.6) is 0 Å². The van der Waals surface area contributed by atoms with Crippen molar-refractivity contribution in [3.8, 4) is 0 Å². The molecule has 0 unspecified atom stereocenters. The van der Waals surface area contributed by atoms with E-state index in [4.69, 9.17) is 0 Å². The van der Waals surface area contributed by atoms with E-state index in [1.54, 1.807) is 0 Å². The van der Waals surface area contributed by atoms with E-state index in [1.165, 1.54) is 16.7 Å². The third-order valence-electron chi connectivity index (χ3n) is 5.08. The first-order valence-electron chi connectivity index (χ1n) is 9.80. The number of aliphatic hydroxyl groups excluding tert-OH is 1. The summed E-state index contributed by atoms with van der Waals surface area (Å²) in [6.45, 7) is 3.71. The molecule has 3 aromatic rings. The molecule has 1 N–H and O–H groups in total. The summed E-state index contributed by atoms with van der Waals surface area (Å²) in [6.07, 6.45) is 1.23. The molecule has 0 aliphatic rings. The fourth-order valence-corrected chi connectivity index (χ4v) is 3.56. The first kappa shape index (κ1) is 19.3. The molecule has 0 bridgehead atoms. The standard InChI is InChI=1S/C25H29NO/c1-2-25(27)24(18-21-12-6-3-7-13-21)26(19-22-14-8-4-9-15-22)20-23-16-10-5-11-17-23/h3-17,24-25,27H,2,18-20H2,1H3/t24-,25-/m1/s1. The van der Waals surface area contributed by atoms with E-state index in [-0.39, 0.29) is 12.1 Å². The zero-order valence-corrected chi connectivity index (χ0v) is 16.0. The first-order valence-corrected chi connectivity index (χ1v) is 9.80. The normalized spacial score (nSPS) is 13.4. The topological polar surface area (TPSA) is 23.5 Å². The van der Waals surface area contributed by atoms with E-state index in [0.29, 0.717) is 0 Å². The molecule has 0 aliphatic carbocycles. The van der Waals surface area contributed by atoms with Gasteiger partial charge in [0.2, 0.25) is 0 Å². The molecule has 0 aliphatic heterocycles. The van der Waals surface area contributed by atoms with Crippen molar-refractivity contribution in [2.24, 2.45) is 0 Å². The van der Waals surface area contributed by atoms with Crippen molar-refractivity contribution in [3.05, 3.63) is 108 Å². The SMILES string of the molecule is CC[C@@H](O)[C@@H](Cc1ccccc1)N(Cc1ccccc1)Cc1ccccc1. The van der Waals surface area contributed by atoms with Gasteiger partial charge >= 0.3 is 0 Å². The van der Waals surface area contributed by atoms with Crippen molar-refractivity contribution < 1.29 is 5.11 Å². The third kappa shape index (κ3) is 5.78. The minimum Gasteiger partial charge on any atom is -0.391 e. The number of aliphatic hydroxyl groups is 1. The van der Waals surface area contributed by atoms with Crippen LogP contribution >= 0.6 is 0 Å². The Bertz CT molecular complexity index is 732. The highest BCUT2D eigenvalue weighted by Gasteiger charge is 2.25.